The van der Waals surface area contributed by atoms with E-state index in [9.17, 15) is 10.2 Å². The van der Waals surface area contributed by atoms with Gasteiger partial charge in [-0.1, -0.05) is 23.7 Å². The zero-order valence-electron chi connectivity index (χ0n) is 7.94. The third-order valence-electron chi connectivity index (χ3n) is 1.99. The average molecular weight is 216 g/mol. The van der Waals surface area contributed by atoms with Gasteiger partial charge in [0.15, 0.2) is 0 Å². The maximum absolute atomic E-state index is 9.68. The molecule has 0 spiro atoms. The summed E-state index contributed by atoms with van der Waals surface area (Å²) in [6.07, 6.45) is -1.68. The molecule has 0 aromatic heterocycles. The van der Waals surface area contributed by atoms with E-state index in [1.807, 2.05) is 0 Å². The summed E-state index contributed by atoms with van der Waals surface area (Å²) in [6, 6.07) is 6.77. The van der Waals surface area contributed by atoms with Crippen molar-refractivity contribution in [3.8, 4) is 0 Å². The Morgan fingerprint density at radius 2 is 1.86 bits per heavy atom. The fourth-order valence-electron chi connectivity index (χ4n) is 1.20. The van der Waals surface area contributed by atoms with Gasteiger partial charge in [-0.3, -0.25) is 0 Å². The molecular weight excluding hydrogens is 202 g/mol. The van der Waals surface area contributed by atoms with Crippen molar-refractivity contribution in [3.05, 3.63) is 34.9 Å². The standard InChI is InChI=1S/C10H14ClNO2/c1-12-6-9(13)10(14)7-2-4-8(11)5-3-7/h2-5,9-10,12-14H,6H2,1H3. The molecule has 0 aliphatic carbocycles. The number of nitrogens with one attached hydrogen (secondary N) is 1. The minimum absolute atomic E-state index is 0.351. The molecule has 1 aromatic rings. The summed E-state index contributed by atoms with van der Waals surface area (Å²) in [5, 5.41) is 22.6. The largest absolute Gasteiger partial charge is 0.389 e. The number of rotatable bonds is 4. The molecule has 78 valence electrons. The van der Waals surface area contributed by atoms with Crippen LogP contribution < -0.4 is 5.32 Å². The molecule has 3 nitrogen and oxygen atoms in total. The molecule has 0 saturated heterocycles. The van der Waals surface area contributed by atoms with Gasteiger partial charge in [0, 0.05) is 11.6 Å². The summed E-state index contributed by atoms with van der Waals surface area (Å²) in [6.45, 7) is 0.351. The molecule has 2 unspecified atom stereocenters. The predicted octanol–water partition coefficient (Wildman–Crippen LogP) is 0.954. The molecule has 0 aliphatic rings. The lowest BCUT2D eigenvalue weighted by Gasteiger charge is -2.17. The van der Waals surface area contributed by atoms with E-state index in [0.29, 0.717) is 17.1 Å². The molecule has 2 atom stereocenters. The van der Waals surface area contributed by atoms with E-state index in [0.717, 1.165) is 0 Å². The van der Waals surface area contributed by atoms with Gasteiger partial charge in [0.25, 0.3) is 0 Å². The van der Waals surface area contributed by atoms with Crippen molar-refractivity contribution < 1.29 is 10.2 Å². The van der Waals surface area contributed by atoms with Gasteiger partial charge in [0.2, 0.25) is 0 Å². The Bertz CT molecular complexity index is 276. The van der Waals surface area contributed by atoms with Gasteiger partial charge < -0.3 is 15.5 Å². The molecule has 3 N–H and O–H groups in total. The fourth-order valence-corrected chi connectivity index (χ4v) is 1.33. The van der Waals surface area contributed by atoms with E-state index in [1.165, 1.54) is 0 Å². The van der Waals surface area contributed by atoms with Gasteiger partial charge in [-0.15, -0.1) is 0 Å². The number of hydrogen-bond donors (Lipinski definition) is 3. The van der Waals surface area contributed by atoms with Gasteiger partial charge in [-0.05, 0) is 24.7 Å². The Hall–Kier alpha value is -0.610. The fraction of sp³-hybridized carbons (Fsp3) is 0.400. The highest BCUT2D eigenvalue weighted by atomic mass is 35.5. The maximum atomic E-state index is 9.68. The topological polar surface area (TPSA) is 52.5 Å². The Balaban J connectivity index is 2.68. The minimum atomic E-state index is -0.875. The molecule has 4 heteroatoms. The lowest BCUT2D eigenvalue weighted by Crippen LogP contribution is -2.29. The smallest absolute Gasteiger partial charge is 0.106 e. The number of likely N-dealkylation sites (N-methyl/N-ethyl adjacent to an activating group) is 1. The highest BCUT2D eigenvalue weighted by Gasteiger charge is 2.16. The van der Waals surface area contributed by atoms with E-state index >= 15 is 0 Å². The van der Waals surface area contributed by atoms with Crippen LogP contribution in [-0.2, 0) is 0 Å². The quantitative estimate of drug-likeness (QED) is 0.701. The molecule has 0 saturated carbocycles. The van der Waals surface area contributed by atoms with E-state index in [-0.39, 0.29) is 0 Å². The first-order valence-corrected chi connectivity index (χ1v) is 4.79. The van der Waals surface area contributed by atoms with Crippen LogP contribution in [0.2, 0.25) is 5.02 Å². The van der Waals surface area contributed by atoms with Gasteiger partial charge in [0.1, 0.15) is 6.10 Å². The normalized spacial score (nSPS) is 15.1. The molecule has 0 amide bonds. The average Bonchev–Trinajstić information content (AvgIpc) is 2.18. The SMILES string of the molecule is CNCC(O)C(O)c1ccc(Cl)cc1. The van der Waals surface area contributed by atoms with E-state index in [2.05, 4.69) is 5.32 Å². The Labute approximate surface area is 88.3 Å². The van der Waals surface area contributed by atoms with Crippen LogP contribution in [0, 0.1) is 0 Å². The zero-order chi connectivity index (χ0) is 10.6. The molecule has 0 bridgehead atoms. The number of halogens is 1. The molecule has 0 heterocycles. The van der Waals surface area contributed by atoms with E-state index < -0.39 is 12.2 Å². The summed E-state index contributed by atoms with van der Waals surface area (Å²) in [5.41, 5.74) is 0.664. The first kappa shape index (κ1) is 11.5. The second-order valence-corrected chi connectivity index (χ2v) is 3.56. The highest BCUT2D eigenvalue weighted by Crippen LogP contribution is 2.18. The van der Waals surface area contributed by atoms with E-state index in [1.54, 1.807) is 31.3 Å². The monoisotopic (exact) mass is 215 g/mol. The third-order valence-corrected chi connectivity index (χ3v) is 2.24. The van der Waals surface area contributed by atoms with Crippen molar-refractivity contribution in [3.63, 3.8) is 0 Å². The van der Waals surface area contributed by atoms with Crippen molar-refractivity contribution in [1.82, 2.24) is 5.32 Å². The van der Waals surface area contributed by atoms with Crippen LogP contribution in [0.4, 0.5) is 0 Å². The summed E-state index contributed by atoms with van der Waals surface area (Å²) in [7, 11) is 1.72. The van der Waals surface area contributed by atoms with Crippen LogP contribution in [0.15, 0.2) is 24.3 Å². The van der Waals surface area contributed by atoms with E-state index in [4.69, 9.17) is 11.6 Å². The van der Waals surface area contributed by atoms with Gasteiger partial charge in [-0.2, -0.15) is 0 Å². The third kappa shape index (κ3) is 2.96. The minimum Gasteiger partial charge on any atom is -0.389 e. The molecule has 1 aromatic carbocycles. The maximum Gasteiger partial charge on any atom is 0.106 e. The van der Waals surface area contributed by atoms with Crippen LogP contribution >= 0.6 is 11.6 Å². The van der Waals surface area contributed by atoms with Crippen molar-refractivity contribution in [1.29, 1.82) is 0 Å². The Morgan fingerprint density at radius 1 is 1.29 bits per heavy atom. The molecular formula is C10H14ClNO2. The summed E-state index contributed by atoms with van der Waals surface area (Å²) in [5.74, 6) is 0. The first-order valence-electron chi connectivity index (χ1n) is 4.41. The Kier molecular flexibility index (Phi) is 4.35. The molecule has 14 heavy (non-hydrogen) atoms. The highest BCUT2D eigenvalue weighted by molar-refractivity contribution is 6.30. The summed E-state index contributed by atoms with van der Waals surface area (Å²) in [4.78, 5) is 0. The Morgan fingerprint density at radius 3 is 2.36 bits per heavy atom. The lowest BCUT2D eigenvalue weighted by atomic mass is 10.0. The number of aliphatic hydroxyl groups excluding tert-OH is 2. The lowest BCUT2D eigenvalue weighted by molar-refractivity contribution is 0.0202. The van der Waals surface area contributed by atoms with Gasteiger partial charge in [-0.25, -0.2) is 0 Å². The number of aliphatic hydroxyl groups is 2. The predicted molar refractivity (Wildman–Crippen MR) is 56.3 cm³/mol. The van der Waals surface area contributed by atoms with Crippen LogP contribution in [0.3, 0.4) is 0 Å². The van der Waals surface area contributed by atoms with Crippen molar-refractivity contribution in [2.24, 2.45) is 0 Å². The van der Waals surface area contributed by atoms with Gasteiger partial charge >= 0.3 is 0 Å². The number of benzene rings is 1. The molecule has 0 fully saturated rings. The number of hydrogen-bond acceptors (Lipinski definition) is 3. The molecule has 1 rings (SSSR count). The summed E-state index contributed by atoms with van der Waals surface area (Å²) < 4.78 is 0. The van der Waals surface area contributed by atoms with Gasteiger partial charge in [0.05, 0.1) is 6.10 Å². The first-order chi connectivity index (χ1) is 6.65. The van der Waals surface area contributed by atoms with Crippen LogP contribution in [-0.4, -0.2) is 29.9 Å². The van der Waals surface area contributed by atoms with Crippen molar-refractivity contribution >= 4 is 11.6 Å². The van der Waals surface area contributed by atoms with Crippen LogP contribution in [0.25, 0.3) is 0 Å². The van der Waals surface area contributed by atoms with Crippen molar-refractivity contribution in [2.45, 2.75) is 12.2 Å². The van der Waals surface area contributed by atoms with Crippen LogP contribution in [0.1, 0.15) is 11.7 Å². The second-order valence-electron chi connectivity index (χ2n) is 3.12. The summed E-state index contributed by atoms with van der Waals surface area (Å²) >= 11 is 5.70. The molecule has 0 aliphatic heterocycles. The second kappa shape index (κ2) is 5.32. The van der Waals surface area contributed by atoms with Crippen LogP contribution in [0.5, 0.6) is 0 Å². The zero-order valence-corrected chi connectivity index (χ0v) is 8.70. The molecule has 0 radical (unpaired) electrons. The van der Waals surface area contributed by atoms with Crippen molar-refractivity contribution in [2.75, 3.05) is 13.6 Å².